The molecule has 11 heteroatoms. The molecule has 1 saturated heterocycles. The lowest BCUT2D eigenvalue weighted by Crippen LogP contribution is -2.59. The van der Waals surface area contributed by atoms with Gasteiger partial charge in [0.2, 0.25) is 10.0 Å². The van der Waals surface area contributed by atoms with Gasteiger partial charge in [0.25, 0.3) is 0 Å². The Morgan fingerprint density at radius 3 is 2.78 bits per heavy atom. The number of carbonyl (C=O) groups is 1. The van der Waals surface area contributed by atoms with Crippen molar-refractivity contribution in [2.45, 2.75) is 30.8 Å². The second-order valence-corrected chi connectivity index (χ2v) is 11.8. The summed E-state index contributed by atoms with van der Waals surface area (Å²) >= 11 is 6.09. The highest BCUT2D eigenvalue weighted by Gasteiger charge is 2.40. The van der Waals surface area contributed by atoms with Crippen LogP contribution in [-0.4, -0.2) is 64.0 Å². The van der Waals surface area contributed by atoms with Crippen LogP contribution in [0.15, 0.2) is 61.4 Å². The monoisotopic (exact) mass is 538 g/mol. The number of carbonyl (C=O) groups excluding carboxylic acids is 1. The van der Waals surface area contributed by atoms with E-state index in [0.717, 1.165) is 33.7 Å². The highest BCUT2D eigenvalue weighted by molar-refractivity contribution is 7.89. The molecular formula is C26H27ClN6O3S. The van der Waals surface area contributed by atoms with E-state index in [2.05, 4.69) is 21.5 Å². The van der Waals surface area contributed by atoms with Gasteiger partial charge in [0.1, 0.15) is 23.7 Å². The molecule has 1 aliphatic rings. The normalized spacial score (nSPS) is 20.3. The Labute approximate surface area is 220 Å². The fraction of sp³-hybridized carbons (Fsp3) is 0.269. The number of rotatable bonds is 7. The van der Waals surface area contributed by atoms with Crippen LogP contribution < -0.4 is 5.73 Å². The first kappa shape index (κ1) is 25.3. The number of anilines is 1. The fourth-order valence-corrected chi connectivity index (χ4v) is 6.96. The van der Waals surface area contributed by atoms with Gasteiger partial charge >= 0.3 is 0 Å². The number of benzene rings is 2. The number of halogens is 1. The Morgan fingerprint density at radius 2 is 2.03 bits per heavy atom. The van der Waals surface area contributed by atoms with Crippen molar-refractivity contribution in [3.63, 3.8) is 0 Å². The summed E-state index contributed by atoms with van der Waals surface area (Å²) in [6.07, 6.45) is 3.64. The number of sulfonamides is 1. The maximum atomic E-state index is 13.8. The molecule has 37 heavy (non-hydrogen) atoms. The van der Waals surface area contributed by atoms with Gasteiger partial charge in [0.15, 0.2) is 0 Å². The van der Waals surface area contributed by atoms with Gasteiger partial charge in [-0.25, -0.2) is 18.4 Å². The quantitative estimate of drug-likeness (QED) is 0.271. The SMILES string of the molecule is C=CC(c1cc2ccc(Cl)cc2[nH]1)S(=O)(=O)N1CC(C=O)N(Cc2ccc3c(N)ncnc3c2)[C@@H](C)C1. The maximum absolute atomic E-state index is 13.8. The summed E-state index contributed by atoms with van der Waals surface area (Å²) in [5, 5.41) is 1.18. The molecule has 5 rings (SSSR count). The van der Waals surface area contributed by atoms with Crippen LogP contribution in [0.4, 0.5) is 5.82 Å². The number of hydrogen-bond donors (Lipinski definition) is 2. The number of nitrogens with one attached hydrogen (secondary N) is 1. The molecule has 0 saturated carbocycles. The van der Waals surface area contributed by atoms with Crippen LogP contribution in [0.3, 0.4) is 0 Å². The number of piperazine rings is 1. The van der Waals surface area contributed by atoms with E-state index in [1.54, 1.807) is 18.2 Å². The molecule has 0 bridgehead atoms. The zero-order valence-corrected chi connectivity index (χ0v) is 21.8. The summed E-state index contributed by atoms with van der Waals surface area (Å²) in [6, 6.07) is 12.0. The highest BCUT2D eigenvalue weighted by atomic mass is 35.5. The Hall–Kier alpha value is -3.31. The molecule has 9 nitrogen and oxygen atoms in total. The molecule has 0 aliphatic carbocycles. The van der Waals surface area contributed by atoms with Gasteiger partial charge in [0.05, 0.1) is 11.6 Å². The molecule has 3 heterocycles. The predicted molar refractivity (Wildman–Crippen MR) is 146 cm³/mol. The average molecular weight is 539 g/mol. The van der Waals surface area contributed by atoms with E-state index >= 15 is 0 Å². The summed E-state index contributed by atoms with van der Waals surface area (Å²) in [7, 11) is -3.86. The zero-order chi connectivity index (χ0) is 26.3. The number of H-pyrrole nitrogens is 1. The van der Waals surface area contributed by atoms with E-state index in [9.17, 15) is 13.2 Å². The van der Waals surface area contributed by atoms with Crippen molar-refractivity contribution in [1.82, 2.24) is 24.2 Å². The number of nitrogens with zero attached hydrogens (tertiary/aromatic N) is 4. The van der Waals surface area contributed by atoms with E-state index in [1.165, 1.54) is 16.7 Å². The third kappa shape index (κ3) is 4.73. The van der Waals surface area contributed by atoms with E-state index in [1.807, 2.05) is 36.1 Å². The number of fused-ring (bicyclic) bond motifs is 2. The van der Waals surface area contributed by atoms with Crippen LogP contribution in [-0.2, 0) is 21.4 Å². The smallest absolute Gasteiger partial charge is 0.226 e. The van der Waals surface area contributed by atoms with Gasteiger partial charge in [0, 0.05) is 47.3 Å². The third-order valence-corrected chi connectivity index (χ3v) is 9.25. The number of nitrogens with two attached hydrogens (primary N) is 1. The van der Waals surface area contributed by atoms with Crippen molar-refractivity contribution in [3.8, 4) is 0 Å². The summed E-state index contributed by atoms with van der Waals surface area (Å²) in [5.74, 6) is 0.407. The topological polar surface area (TPSA) is 125 Å². The van der Waals surface area contributed by atoms with Gasteiger partial charge in [-0.15, -0.1) is 6.58 Å². The van der Waals surface area contributed by atoms with Crippen LogP contribution in [0, 0.1) is 0 Å². The molecular weight excluding hydrogens is 512 g/mol. The Kier molecular flexibility index (Phi) is 6.76. The van der Waals surface area contributed by atoms with Crippen LogP contribution in [0.1, 0.15) is 23.4 Å². The lowest BCUT2D eigenvalue weighted by Gasteiger charge is -2.43. The summed E-state index contributed by atoms with van der Waals surface area (Å²) < 4.78 is 28.9. The van der Waals surface area contributed by atoms with Crippen molar-refractivity contribution < 1.29 is 13.2 Å². The minimum Gasteiger partial charge on any atom is -0.383 e. The molecule has 0 spiro atoms. The van der Waals surface area contributed by atoms with Gasteiger partial charge in [-0.3, -0.25) is 4.90 Å². The zero-order valence-electron chi connectivity index (χ0n) is 20.2. The minimum absolute atomic E-state index is 0.0509. The standard InChI is InChI=1S/C26H27ClN6O3S/c1-3-25(24-9-18-5-6-19(27)10-22(18)31-24)37(35,36)32-11-16(2)33(20(13-32)14-34)12-17-4-7-21-23(8-17)29-15-30-26(21)28/h3-10,14-16,20,25,31H,1,11-13H2,2H3,(H2,28,29,30)/t16-,20?,25?/m0/s1. The fourth-order valence-electron chi connectivity index (χ4n) is 4.99. The van der Waals surface area contributed by atoms with Crippen LogP contribution in [0.2, 0.25) is 5.02 Å². The highest BCUT2D eigenvalue weighted by Crippen LogP contribution is 2.32. The summed E-state index contributed by atoms with van der Waals surface area (Å²) in [4.78, 5) is 25.6. The number of aromatic nitrogens is 3. The predicted octanol–water partition coefficient (Wildman–Crippen LogP) is 3.68. The summed E-state index contributed by atoms with van der Waals surface area (Å²) in [6.45, 7) is 6.48. The number of nitrogen functional groups attached to an aromatic ring is 1. The van der Waals surface area contributed by atoms with E-state index in [-0.39, 0.29) is 19.1 Å². The molecule has 0 amide bonds. The molecule has 2 aromatic carbocycles. The van der Waals surface area contributed by atoms with Crippen LogP contribution in [0.5, 0.6) is 0 Å². The Balaban J connectivity index is 1.39. The molecule has 1 fully saturated rings. The van der Waals surface area contributed by atoms with Crippen LogP contribution in [0.25, 0.3) is 21.8 Å². The summed E-state index contributed by atoms with van der Waals surface area (Å²) in [5.41, 5.74) is 8.84. The molecule has 2 aromatic heterocycles. The van der Waals surface area contributed by atoms with Gasteiger partial charge in [-0.1, -0.05) is 29.8 Å². The van der Waals surface area contributed by atoms with Crippen molar-refractivity contribution in [3.05, 3.63) is 77.7 Å². The lowest BCUT2D eigenvalue weighted by atomic mass is 10.1. The maximum Gasteiger partial charge on any atom is 0.226 e. The second-order valence-electron chi connectivity index (χ2n) is 9.31. The second kappa shape index (κ2) is 9.86. The third-order valence-electron chi connectivity index (χ3n) is 6.91. The average Bonchev–Trinajstić information content (AvgIpc) is 3.27. The molecule has 3 atom stereocenters. The molecule has 3 N–H and O–H groups in total. The Bertz CT molecular complexity index is 1600. The van der Waals surface area contributed by atoms with Crippen LogP contribution >= 0.6 is 11.6 Å². The first-order chi connectivity index (χ1) is 17.7. The number of hydrogen-bond acceptors (Lipinski definition) is 7. The first-order valence-corrected chi connectivity index (χ1v) is 13.7. The molecule has 2 unspecified atom stereocenters. The van der Waals surface area contributed by atoms with E-state index in [4.69, 9.17) is 17.3 Å². The molecule has 0 radical (unpaired) electrons. The van der Waals surface area contributed by atoms with Gasteiger partial charge in [-0.05, 0) is 48.2 Å². The van der Waals surface area contributed by atoms with Crippen molar-refractivity contribution in [1.29, 1.82) is 0 Å². The number of aromatic amines is 1. The van der Waals surface area contributed by atoms with Crippen molar-refractivity contribution >= 4 is 55.5 Å². The molecule has 4 aromatic rings. The Morgan fingerprint density at radius 1 is 1.22 bits per heavy atom. The first-order valence-electron chi connectivity index (χ1n) is 11.8. The van der Waals surface area contributed by atoms with E-state index in [0.29, 0.717) is 23.1 Å². The minimum atomic E-state index is -3.86. The largest absolute Gasteiger partial charge is 0.383 e. The van der Waals surface area contributed by atoms with Gasteiger partial charge in [-0.2, -0.15) is 4.31 Å². The molecule has 1 aliphatic heterocycles. The lowest BCUT2D eigenvalue weighted by molar-refractivity contribution is -0.115. The van der Waals surface area contributed by atoms with Crippen molar-refractivity contribution in [2.24, 2.45) is 0 Å². The molecule has 192 valence electrons. The van der Waals surface area contributed by atoms with E-state index < -0.39 is 21.3 Å². The van der Waals surface area contributed by atoms with Gasteiger partial charge < -0.3 is 15.5 Å². The number of aldehydes is 1. The van der Waals surface area contributed by atoms with Crippen molar-refractivity contribution in [2.75, 3.05) is 18.8 Å².